The normalized spacial score (nSPS) is 20.4. The molecule has 1 fully saturated rings. The molecule has 0 aromatic carbocycles. The maximum absolute atomic E-state index is 5.35. The van der Waals surface area contributed by atoms with Crippen LogP contribution < -0.4 is 0 Å². The van der Waals surface area contributed by atoms with Crippen molar-refractivity contribution in [1.82, 2.24) is 24.6 Å². The van der Waals surface area contributed by atoms with Gasteiger partial charge in [-0.2, -0.15) is 5.10 Å². The van der Waals surface area contributed by atoms with Gasteiger partial charge in [-0.15, -0.1) is 0 Å². The molecule has 1 unspecified atom stereocenters. The first-order valence-corrected chi connectivity index (χ1v) is 6.43. The maximum Gasteiger partial charge on any atom is 0.195 e. The van der Waals surface area contributed by atoms with Crippen LogP contribution in [0.2, 0.25) is 0 Å². The fraction of sp³-hybridized carbons (Fsp3) is 0.417. The average molecular weight is 261 g/mol. The molecule has 0 spiro atoms. The van der Waals surface area contributed by atoms with E-state index in [4.69, 9.17) is 12.2 Å². The van der Waals surface area contributed by atoms with Crippen molar-refractivity contribution in [2.75, 3.05) is 20.1 Å². The van der Waals surface area contributed by atoms with Crippen LogP contribution in [0.1, 0.15) is 12.5 Å². The predicted molar refractivity (Wildman–Crippen MR) is 71.8 cm³/mol. The average Bonchev–Trinajstić information content (AvgIpc) is 2.96. The lowest BCUT2D eigenvalue weighted by Gasteiger charge is -2.14. The van der Waals surface area contributed by atoms with E-state index in [1.54, 1.807) is 6.20 Å². The van der Waals surface area contributed by atoms with E-state index in [-0.39, 0.29) is 0 Å². The summed E-state index contributed by atoms with van der Waals surface area (Å²) in [5.74, 6) is 0.834. The van der Waals surface area contributed by atoms with Crippen LogP contribution in [0, 0.1) is 4.77 Å². The van der Waals surface area contributed by atoms with E-state index in [2.05, 4.69) is 31.7 Å². The highest BCUT2D eigenvalue weighted by Crippen LogP contribution is 2.25. The molecule has 6 heteroatoms. The molecule has 3 heterocycles. The summed E-state index contributed by atoms with van der Waals surface area (Å²) < 4.78 is 2.78. The highest BCUT2D eigenvalue weighted by atomic mass is 32.1. The molecule has 2 aromatic rings. The van der Waals surface area contributed by atoms with Crippen LogP contribution in [0.4, 0.5) is 0 Å². The minimum absolute atomic E-state index is 0.387. The van der Waals surface area contributed by atoms with Gasteiger partial charge in [0.1, 0.15) is 5.69 Å². The van der Waals surface area contributed by atoms with Crippen molar-refractivity contribution in [3.8, 4) is 11.5 Å². The van der Waals surface area contributed by atoms with Crippen molar-refractivity contribution in [2.24, 2.45) is 0 Å². The number of likely N-dealkylation sites (tertiary alicyclic amines) is 1. The highest BCUT2D eigenvalue weighted by molar-refractivity contribution is 7.71. The summed E-state index contributed by atoms with van der Waals surface area (Å²) in [6.45, 7) is 2.10. The number of rotatable bonds is 2. The Bertz CT molecular complexity index is 588. The minimum Gasteiger partial charge on any atom is -0.304 e. The van der Waals surface area contributed by atoms with Gasteiger partial charge in [-0.3, -0.25) is 14.6 Å². The molecular formula is C12H15N5S. The van der Waals surface area contributed by atoms with E-state index < -0.39 is 0 Å². The van der Waals surface area contributed by atoms with E-state index in [0.29, 0.717) is 10.8 Å². The van der Waals surface area contributed by atoms with Crippen LogP contribution in [0.25, 0.3) is 11.5 Å². The molecule has 1 N–H and O–H groups in total. The molecule has 3 rings (SSSR count). The summed E-state index contributed by atoms with van der Waals surface area (Å²) in [6.07, 6.45) is 2.88. The number of hydrogen-bond donors (Lipinski definition) is 1. The quantitative estimate of drug-likeness (QED) is 0.839. The van der Waals surface area contributed by atoms with Crippen molar-refractivity contribution in [1.29, 1.82) is 0 Å². The van der Waals surface area contributed by atoms with Crippen molar-refractivity contribution in [3.05, 3.63) is 29.2 Å². The Morgan fingerprint density at radius 2 is 2.33 bits per heavy atom. The van der Waals surface area contributed by atoms with E-state index in [9.17, 15) is 0 Å². The topological polar surface area (TPSA) is 49.7 Å². The number of nitrogens with one attached hydrogen (secondary N) is 1. The van der Waals surface area contributed by atoms with Gasteiger partial charge in [0.05, 0.1) is 6.04 Å². The summed E-state index contributed by atoms with van der Waals surface area (Å²) in [6, 6.07) is 6.21. The van der Waals surface area contributed by atoms with Gasteiger partial charge in [0.15, 0.2) is 10.6 Å². The summed E-state index contributed by atoms with van der Waals surface area (Å²) >= 11 is 5.35. The van der Waals surface area contributed by atoms with Gasteiger partial charge in [-0.05, 0) is 44.4 Å². The number of pyridine rings is 1. The SMILES string of the molecule is CN1CCC(n2c(-c3ccccn3)n[nH]c2=S)C1. The fourth-order valence-corrected chi connectivity index (χ4v) is 2.72. The number of H-pyrrole nitrogens is 1. The van der Waals surface area contributed by atoms with E-state index in [1.807, 2.05) is 18.2 Å². The van der Waals surface area contributed by atoms with Crippen LogP contribution >= 0.6 is 12.2 Å². The number of aromatic nitrogens is 4. The Balaban J connectivity index is 2.05. The van der Waals surface area contributed by atoms with Gasteiger partial charge in [-0.1, -0.05) is 6.07 Å². The third-order valence-corrected chi connectivity index (χ3v) is 3.62. The molecule has 94 valence electrons. The second-order valence-electron chi connectivity index (χ2n) is 4.64. The molecule has 1 aliphatic heterocycles. The largest absolute Gasteiger partial charge is 0.304 e. The van der Waals surface area contributed by atoms with Crippen LogP contribution in [0.3, 0.4) is 0 Å². The van der Waals surface area contributed by atoms with Gasteiger partial charge in [-0.25, -0.2) is 0 Å². The Hall–Kier alpha value is -1.53. The van der Waals surface area contributed by atoms with Gasteiger partial charge in [0.25, 0.3) is 0 Å². The first kappa shape index (κ1) is 11.6. The zero-order chi connectivity index (χ0) is 12.5. The number of nitrogens with zero attached hydrogens (tertiary/aromatic N) is 4. The van der Waals surface area contributed by atoms with Crippen molar-refractivity contribution in [2.45, 2.75) is 12.5 Å². The highest BCUT2D eigenvalue weighted by Gasteiger charge is 2.25. The monoisotopic (exact) mass is 261 g/mol. The molecule has 1 saturated heterocycles. The Morgan fingerprint density at radius 1 is 1.44 bits per heavy atom. The van der Waals surface area contributed by atoms with Crippen LogP contribution in [0.15, 0.2) is 24.4 Å². The lowest BCUT2D eigenvalue weighted by atomic mass is 10.2. The van der Waals surface area contributed by atoms with Crippen LogP contribution in [0.5, 0.6) is 0 Å². The Morgan fingerprint density at radius 3 is 3.00 bits per heavy atom. The Labute approximate surface area is 110 Å². The standard InChI is InChI=1S/C12H15N5S/c1-16-7-5-9(8-16)17-11(14-15-12(17)18)10-4-2-3-6-13-10/h2-4,6,9H,5,7-8H2,1H3,(H,15,18). The number of hydrogen-bond acceptors (Lipinski definition) is 4. The Kier molecular flexibility index (Phi) is 2.97. The summed E-state index contributed by atoms with van der Waals surface area (Å²) in [4.78, 5) is 6.66. The van der Waals surface area contributed by atoms with Crippen LogP contribution in [-0.2, 0) is 0 Å². The predicted octanol–water partition coefficient (Wildman–Crippen LogP) is 1.88. The van der Waals surface area contributed by atoms with E-state index in [1.165, 1.54) is 0 Å². The van der Waals surface area contributed by atoms with Crippen molar-refractivity contribution >= 4 is 12.2 Å². The molecule has 0 aliphatic carbocycles. The second kappa shape index (κ2) is 4.62. The molecule has 1 aliphatic rings. The van der Waals surface area contributed by atoms with E-state index in [0.717, 1.165) is 31.0 Å². The van der Waals surface area contributed by atoms with Crippen molar-refractivity contribution < 1.29 is 0 Å². The first-order chi connectivity index (χ1) is 8.75. The lowest BCUT2D eigenvalue weighted by molar-refractivity contribution is 0.392. The summed E-state index contributed by atoms with van der Waals surface area (Å²) in [5, 5.41) is 7.21. The molecule has 0 amide bonds. The molecule has 18 heavy (non-hydrogen) atoms. The third-order valence-electron chi connectivity index (χ3n) is 3.33. The lowest BCUT2D eigenvalue weighted by Crippen LogP contribution is -2.17. The fourth-order valence-electron chi connectivity index (χ4n) is 2.44. The molecule has 5 nitrogen and oxygen atoms in total. The zero-order valence-electron chi connectivity index (χ0n) is 10.2. The van der Waals surface area contributed by atoms with E-state index >= 15 is 0 Å². The molecular weight excluding hydrogens is 246 g/mol. The summed E-state index contributed by atoms with van der Waals surface area (Å²) in [5.41, 5.74) is 0.861. The molecule has 1 atom stereocenters. The van der Waals surface area contributed by atoms with Gasteiger partial charge in [0.2, 0.25) is 0 Å². The smallest absolute Gasteiger partial charge is 0.195 e. The van der Waals surface area contributed by atoms with Gasteiger partial charge >= 0.3 is 0 Å². The van der Waals surface area contributed by atoms with Gasteiger partial charge < -0.3 is 4.90 Å². The maximum atomic E-state index is 5.35. The molecule has 0 radical (unpaired) electrons. The van der Waals surface area contributed by atoms with Crippen LogP contribution in [-0.4, -0.2) is 44.8 Å². The van der Waals surface area contributed by atoms with Crippen molar-refractivity contribution in [3.63, 3.8) is 0 Å². The second-order valence-corrected chi connectivity index (χ2v) is 5.03. The number of likely N-dealkylation sites (N-methyl/N-ethyl adjacent to an activating group) is 1. The third kappa shape index (κ3) is 1.97. The minimum atomic E-state index is 0.387. The van der Waals surface area contributed by atoms with Gasteiger partial charge in [0, 0.05) is 12.7 Å². The zero-order valence-corrected chi connectivity index (χ0v) is 11.0. The molecule has 2 aromatic heterocycles. The molecule has 0 saturated carbocycles. The number of aromatic amines is 1. The summed E-state index contributed by atoms with van der Waals surface area (Å²) in [7, 11) is 2.13. The molecule has 0 bridgehead atoms. The first-order valence-electron chi connectivity index (χ1n) is 6.02.